The molecule has 0 heterocycles. The minimum absolute atomic E-state index is 0.000277. The van der Waals surface area contributed by atoms with Gasteiger partial charge in [-0.25, -0.2) is 4.39 Å². The molecule has 0 aliphatic carbocycles. The van der Waals surface area contributed by atoms with Crippen LogP contribution in [-0.4, -0.2) is 33.8 Å². The van der Waals surface area contributed by atoms with Crippen molar-refractivity contribution in [2.45, 2.75) is 18.9 Å². The van der Waals surface area contributed by atoms with Crippen LogP contribution in [0.2, 0.25) is 0 Å². The van der Waals surface area contributed by atoms with Gasteiger partial charge < -0.3 is 20.9 Å². The van der Waals surface area contributed by atoms with Gasteiger partial charge in [-0.05, 0) is 24.0 Å². The molecule has 0 fully saturated rings. The normalized spacial score (nSPS) is 14.2. The SMILES string of the molecule is C[C@](N)(Cc1ccc(B(O)O)cc1F)C(=O)O. The van der Waals surface area contributed by atoms with E-state index in [2.05, 4.69) is 0 Å². The summed E-state index contributed by atoms with van der Waals surface area (Å²) < 4.78 is 13.5. The Morgan fingerprint density at radius 3 is 2.53 bits per heavy atom. The van der Waals surface area contributed by atoms with Crippen molar-refractivity contribution in [1.29, 1.82) is 0 Å². The lowest BCUT2D eigenvalue weighted by Crippen LogP contribution is -2.47. The van der Waals surface area contributed by atoms with Crippen LogP contribution in [-0.2, 0) is 11.2 Å². The molecule has 1 aromatic carbocycles. The first kappa shape index (κ1) is 13.6. The molecule has 0 bridgehead atoms. The Labute approximate surface area is 97.8 Å². The van der Waals surface area contributed by atoms with E-state index < -0.39 is 24.4 Å². The van der Waals surface area contributed by atoms with Crippen molar-refractivity contribution in [1.82, 2.24) is 0 Å². The van der Waals surface area contributed by atoms with Crippen LogP contribution >= 0.6 is 0 Å². The number of hydrogen-bond acceptors (Lipinski definition) is 4. The minimum atomic E-state index is -1.76. The summed E-state index contributed by atoms with van der Waals surface area (Å²) in [4.78, 5) is 10.8. The van der Waals surface area contributed by atoms with Crippen molar-refractivity contribution in [3.05, 3.63) is 29.6 Å². The van der Waals surface area contributed by atoms with Gasteiger partial charge in [-0.15, -0.1) is 0 Å². The van der Waals surface area contributed by atoms with Crippen LogP contribution in [0.5, 0.6) is 0 Å². The summed E-state index contributed by atoms with van der Waals surface area (Å²) in [6.45, 7) is 1.28. The second-order valence-electron chi connectivity index (χ2n) is 4.12. The van der Waals surface area contributed by atoms with E-state index in [4.69, 9.17) is 20.9 Å². The summed E-state index contributed by atoms with van der Waals surface area (Å²) in [5.41, 5.74) is 4.04. The number of halogens is 1. The van der Waals surface area contributed by atoms with Crippen LogP contribution in [0.1, 0.15) is 12.5 Å². The molecule has 1 rings (SSSR count). The zero-order chi connectivity index (χ0) is 13.2. The highest BCUT2D eigenvalue weighted by molar-refractivity contribution is 6.58. The minimum Gasteiger partial charge on any atom is -0.480 e. The number of carbonyl (C=O) groups is 1. The second-order valence-corrected chi connectivity index (χ2v) is 4.12. The van der Waals surface area contributed by atoms with E-state index in [1.54, 1.807) is 0 Å². The van der Waals surface area contributed by atoms with Gasteiger partial charge in [-0.2, -0.15) is 0 Å². The Balaban J connectivity index is 2.98. The molecule has 92 valence electrons. The molecular formula is C10H13BFNO4. The van der Waals surface area contributed by atoms with Gasteiger partial charge in [0.05, 0.1) is 0 Å². The van der Waals surface area contributed by atoms with Crippen molar-refractivity contribution >= 4 is 18.6 Å². The molecule has 0 saturated heterocycles. The first-order valence-corrected chi connectivity index (χ1v) is 4.91. The summed E-state index contributed by atoms with van der Waals surface area (Å²) >= 11 is 0. The monoisotopic (exact) mass is 241 g/mol. The van der Waals surface area contributed by atoms with Crippen LogP contribution in [0, 0.1) is 5.82 Å². The fourth-order valence-electron chi connectivity index (χ4n) is 1.34. The summed E-state index contributed by atoms with van der Waals surface area (Å²) in [7, 11) is -1.76. The van der Waals surface area contributed by atoms with E-state index in [0.29, 0.717) is 0 Å². The molecule has 0 aliphatic rings. The molecule has 1 atom stereocenters. The van der Waals surface area contributed by atoms with Gasteiger partial charge >= 0.3 is 13.1 Å². The number of carboxylic acids is 1. The maximum atomic E-state index is 13.5. The topological polar surface area (TPSA) is 104 Å². The Morgan fingerprint density at radius 2 is 2.12 bits per heavy atom. The van der Waals surface area contributed by atoms with Crippen molar-refractivity contribution in [2.75, 3.05) is 0 Å². The number of carboxylic acid groups (broad SMARTS) is 1. The molecule has 7 heteroatoms. The van der Waals surface area contributed by atoms with E-state index in [1.165, 1.54) is 19.1 Å². The van der Waals surface area contributed by atoms with Crippen molar-refractivity contribution in [3.63, 3.8) is 0 Å². The molecular weight excluding hydrogens is 228 g/mol. The zero-order valence-electron chi connectivity index (χ0n) is 9.22. The average molecular weight is 241 g/mol. The highest BCUT2D eigenvalue weighted by Gasteiger charge is 2.29. The number of hydrogen-bond donors (Lipinski definition) is 4. The van der Waals surface area contributed by atoms with Crippen molar-refractivity contribution in [2.24, 2.45) is 5.73 Å². The Kier molecular flexibility index (Phi) is 3.87. The first-order chi connectivity index (χ1) is 7.74. The van der Waals surface area contributed by atoms with Gasteiger partial charge in [-0.1, -0.05) is 12.1 Å². The van der Waals surface area contributed by atoms with E-state index in [1.807, 2.05) is 0 Å². The lowest BCUT2D eigenvalue weighted by molar-refractivity contribution is -0.142. The molecule has 0 unspecified atom stereocenters. The van der Waals surface area contributed by atoms with Gasteiger partial charge in [0, 0.05) is 6.42 Å². The van der Waals surface area contributed by atoms with Gasteiger partial charge in [0.2, 0.25) is 0 Å². The van der Waals surface area contributed by atoms with E-state index in [0.717, 1.165) is 6.07 Å². The lowest BCUT2D eigenvalue weighted by Gasteiger charge is -2.19. The Bertz CT molecular complexity index is 436. The quantitative estimate of drug-likeness (QED) is 0.498. The van der Waals surface area contributed by atoms with Crippen molar-refractivity contribution < 1.29 is 24.3 Å². The molecule has 0 spiro atoms. The summed E-state index contributed by atoms with van der Waals surface area (Å²) in [6.07, 6.45) is -0.185. The van der Waals surface area contributed by atoms with Crippen LogP contribution in [0.4, 0.5) is 4.39 Å². The van der Waals surface area contributed by atoms with E-state index in [-0.39, 0.29) is 17.4 Å². The summed E-state index contributed by atoms with van der Waals surface area (Å²) in [6, 6.07) is 3.54. The van der Waals surface area contributed by atoms with Crippen LogP contribution in [0.25, 0.3) is 0 Å². The highest BCUT2D eigenvalue weighted by atomic mass is 19.1. The molecule has 17 heavy (non-hydrogen) atoms. The average Bonchev–Trinajstić information content (AvgIpc) is 2.20. The predicted molar refractivity (Wildman–Crippen MR) is 60.2 cm³/mol. The fraction of sp³-hybridized carbons (Fsp3) is 0.300. The van der Waals surface area contributed by atoms with Crippen LogP contribution in [0.15, 0.2) is 18.2 Å². The third-order valence-corrected chi connectivity index (χ3v) is 2.42. The van der Waals surface area contributed by atoms with Gasteiger partial charge in [-0.3, -0.25) is 4.79 Å². The molecule has 0 amide bonds. The molecule has 0 aromatic heterocycles. The zero-order valence-corrected chi connectivity index (χ0v) is 9.22. The second kappa shape index (κ2) is 4.83. The van der Waals surface area contributed by atoms with E-state index in [9.17, 15) is 9.18 Å². The standard InChI is InChI=1S/C10H13BFNO4/c1-10(13,9(14)15)5-6-2-3-7(11(16)17)4-8(6)12/h2-4,16-17H,5,13H2,1H3,(H,14,15)/t10-/m0/s1. The first-order valence-electron chi connectivity index (χ1n) is 4.91. The van der Waals surface area contributed by atoms with Gasteiger partial charge in [0.15, 0.2) is 0 Å². The number of aliphatic carboxylic acids is 1. The molecule has 5 N–H and O–H groups in total. The number of rotatable bonds is 4. The maximum absolute atomic E-state index is 13.5. The third kappa shape index (κ3) is 3.26. The Hall–Kier alpha value is -1.44. The smallest absolute Gasteiger partial charge is 0.480 e. The molecule has 5 nitrogen and oxygen atoms in total. The van der Waals surface area contributed by atoms with Crippen molar-refractivity contribution in [3.8, 4) is 0 Å². The molecule has 0 saturated carbocycles. The van der Waals surface area contributed by atoms with Crippen LogP contribution < -0.4 is 11.2 Å². The Morgan fingerprint density at radius 1 is 1.53 bits per heavy atom. The molecule has 0 aliphatic heterocycles. The van der Waals surface area contributed by atoms with E-state index >= 15 is 0 Å². The fourth-order valence-corrected chi connectivity index (χ4v) is 1.34. The van der Waals surface area contributed by atoms with Gasteiger partial charge in [0.1, 0.15) is 11.4 Å². The van der Waals surface area contributed by atoms with Gasteiger partial charge in [0.25, 0.3) is 0 Å². The maximum Gasteiger partial charge on any atom is 0.488 e. The summed E-state index contributed by atoms with van der Waals surface area (Å²) in [5, 5.41) is 26.5. The number of nitrogens with two attached hydrogens (primary N) is 1. The van der Waals surface area contributed by atoms with Crippen LogP contribution in [0.3, 0.4) is 0 Å². The largest absolute Gasteiger partial charge is 0.488 e. The molecule has 1 aromatic rings. The number of benzene rings is 1. The predicted octanol–water partition coefficient (Wildman–Crippen LogP) is -1.15. The highest BCUT2D eigenvalue weighted by Crippen LogP contribution is 2.13. The third-order valence-electron chi connectivity index (χ3n) is 2.42. The lowest BCUT2D eigenvalue weighted by atomic mass is 9.79. The summed E-state index contributed by atoms with van der Waals surface area (Å²) in [5.74, 6) is -1.95. The molecule has 0 radical (unpaired) electrons.